The van der Waals surface area contributed by atoms with Crippen molar-refractivity contribution in [3.8, 4) is 11.6 Å². The molecule has 0 aliphatic heterocycles. The van der Waals surface area contributed by atoms with Crippen LogP contribution in [0.1, 0.15) is 5.56 Å². The first-order chi connectivity index (χ1) is 9.79. The SMILES string of the molecule is NNc1cc(C(F)(F)F)cc(Oc2cc(Br)ccc2F)n1. The average Bonchev–Trinajstić information content (AvgIpc) is 2.41. The highest BCUT2D eigenvalue weighted by atomic mass is 79.9. The molecule has 0 amide bonds. The molecule has 0 spiro atoms. The number of pyridine rings is 1. The van der Waals surface area contributed by atoms with Gasteiger partial charge in [0.2, 0.25) is 5.88 Å². The number of nitrogen functional groups attached to an aromatic ring is 1. The number of anilines is 1. The van der Waals surface area contributed by atoms with Crippen LogP contribution in [0.3, 0.4) is 0 Å². The lowest BCUT2D eigenvalue weighted by Gasteiger charge is -2.12. The summed E-state index contributed by atoms with van der Waals surface area (Å²) in [6.45, 7) is 0. The van der Waals surface area contributed by atoms with E-state index in [1.165, 1.54) is 12.1 Å². The van der Waals surface area contributed by atoms with Gasteiger partial charge in [0.05, 0.1) is 5.56 Å². The van der Waals surface area contributed by atoms with Crippen molar-refractivity contribution < 1.29 is 22.3 Å². The summed E-state index contributed by atoms with van der Waals surface area (Å²) in [6, 6.07) is 5.17. The number of hydrogen-bond donors (Lipinski definition) is 2. The van der Waals surface area contributed by atoms with Crippen LogP contribution >= 0.6 is 15.9 Å². The van der Waals surface area contributed by atoms with E-state index in [-0.39, 0.29) is 11.6 Å². The van der Waals surface area contributed by atoms with E-state index in [4.69, 9.17) is 10.6 Å². The van der Waals surface area contributed by atoms with Crippen LogP contribution in [0.2, 0.25) is 0 Å². The second kappa shape index (κ2) is 5.86. The lowest BCUT2D eigenvalue weighted by atomic mass is 10.2. The van der Waals surface area contributed by atoms with Crippen molar-refractivity contribution in [2.24, 2.45) is 5.84 Å². The first kappa shape index (κ1) is 15.5. The molecule has 9 heteroatoms. The van der Waals surface area contributed by atoms with E-state index in [0.717, 1.165) is 6.07 Å². The molecular weight excluding hydrogens is 358 g/mol. The van der Waals surface area contributed by atoms with E-state index >= 15 is 0 Å². The van der Waals surface area contributed by atoms with E-state index in [0.29, 0.717) is 16.6 Å². The normalized spacial score (nSPS) is 11.3. The minimum Gasteiger partial charge on any atom is -0.436 e. The number of alkyl halides is 3. The van der Waals surface area contributed by atoms with Gasteiger partial charge in [-0.2, -0.15) is 18.2 Å². The predicted molar refractivity (Wildman–Crippen MR) is 71.2 cm³/mol. The monoisotopic (exact) mass is 365 g/mol. The maximum atomic E-state index is 13.5. The summed E-state index contributed by atoms with van der Waals surface area (Å²) in [5.74, 6) is 3.37. The number of ether oxygens (including phenoxy) is 1. The average molecular weight is 366 g/mol. The Kier molecular flexibility index (Phi) is 4.33. The predicted octanol–water partition coefficient (Wildman–Crippen LogP) is 4.08. The molecule has 21 heavy (non-hydrogen) atoms. The van der Waals surface area contributed by atoms with Crippen LogP contribution in [0.25, 0.3) is 0 Å². The fraction of sp³-hybridized carbons (Fsp3) is 0.0833. The molecule has 3 N–H and O–H groups in total. The Balaban J connectivity index is 2.42. The number of benzene rings is 1. The molecule has 0 radical (unpaired) electrons. The maximum absolute atomic E-state index is 13.5. The summed E-state index contributed by atoms with van der Waals surface area (Å²) in [7, 11) is 0. The molecule has 0 atom stereocenters. The molecular formula is C12H8BrF4N3O. The van der Waals surface area contributed by atoms with Gasteiger partial charge in [-0.3, -0.25) is 0 Å². The van der Waals surface area contributed by atoms with Gasteiger partial charge in [0.25, 0.3) is 0 Å². The number of hydrazine groups is 1. The van der Waals surface area contributed by atoms with Gasteiger partial charge in [-0.25, -0.2) is 10.2 Å². The Morgan fingerprint density at radius 1 is 1.19 bits per heavy atom. The number of halogens is 5. The van der Waals surface area contributed by atoms with Crippen molar-refractivity contribution in [3.05, 3.63) is 46.2 Å². The van der Waals surface area contributed by atoms with Gasteiger partial charge in [0.15, 0.2) is 11.6 Å². The summed E-state index contributed by atoms with van der Waals surface area (Å²) >= 11 is 3.10. The molecule has 0 saturated carbocycles. The zero-order valence-corrected chi connectivity index (χ0v) is 11.8. The Bertz CT molecular complexity index is 663. The second-order valence-corrected chi connectivity index (χ2v) is 4.81. The number of hydrogen-bond acceptors (Lipinski definition) is 4. The minimum absolute atomic E-state index is 0.254. The number of nitrogens with zero attached hydrogens (tertiary/aromatic N) is 1. The maximum Gasteiger partial charge on any atom is 0.416 e. The smallest absolute Gasteiger partial charge is 0.416 e. The Labute approximate surface area is 125 Å². The van der Waals surface area contributed by atoms with E-state index < -0.39 is 23.4 Å². The lowest BCUT2D eigenvalue weighted by Crippen LogP contribution is -2.12. The highest BCUT2D eigenvalue weighted by Gasteiger charge is 2.32. The first-order valence-corrected chi connectivity index (χ1v) is 6.27. The Hall–Kier alpha value is -1.87. The fourth-order valence-corrected chi connectivity index (χ4v) is 1.80. The highest BCUT2D eigenvalue weighted by molar-refractivity contribution is 9.10. The third-order valence-electron chi connectivity index (χ3n) is 2.38. The number of aromatic nitrogens is 1. The number of rotatable bonds is 3. The quantitative estimate of drug-likeness (QED) is 0.488. The van der Waals surface area contributed by atoms with Gasteiger partial charge in [0.1, 0.15) is 5.82 Å². The van der Waals surface area contributed by atoms with Crippen LogP contribution < -0.4 is 16.0 Å². The largest absolute Gasteiger partial charge is 0.436 e. The standard InChI is InChI=1S/C12H8BrF4N3O/c13-7-1-2-8(14)9(5-7)21-11-4-6(12(15,16)17)3-10(19-11)20-18/h1-5H,18H2,(H,19,20). The van der Waals surface area contributed by atoms with Gasteiger partial charge < -0.3 is 10.2 Å². The summed E-state index contributed by atoms with van der Waals surface area (Å²) in [5.41, 5.74) is 0.980. The summed E-state index contributed by atoms with van der Waals surface area (Å²) in [5, 5.41) is 0. The van der Waals surface area contributed by atoms with Crippen LogP contribution in [-0.4, -0.2) is 4.98 Å². The molecule has 0 aliphatic carbocycles. The molecule has 1 heterocycles. The second-order valence-electron chi connectivity index (χ2n) is 3.90. The highest BCUT2D eigenvalue weighted by Crippen LogP contribution is 2.34. The molecule has 2 aromatic rings. The van der Waals surface area contributed by atoms with Crippen LogP contribution in [0.5, 0.6) is 11.6 Å². The van der Waals surface area contributed by atoms with Gasteiger partial charge in [-0.05, 0) is 24.3 Å². The first-order valence-electron chi connectivity index (χ1n) is 5.48. The van der Waals surface area contributed by atoms with Crippen molar-refractivity contribution in [2.75, 3.05) is 5.43 Å². The van der Waals surface area contributed by atoms with E-state index in [9.17, 15) is 17.6 Å². The zero-order valence-electron chi connectivity index (χ0n) is 10.2. The van der Waals surface area contributed by atoms with Crippen LogP contribution in [0.15, 0.2) is 34.8 Å². The summed E-state index contributed by atoms with van der Waals surface area (Å²) in [4.78, 5) is 3.69. The van der Waals surface area contributed by atoms with E-state index in [1.807, 2.05) is 5.43 Å². The fourth-order valence-electron chi connectivity index (χ4n) is 1.46. The number of nitrogens with two attached hydrogens (primary N) is 1. The topological polar surface area (TPSA) is 60.2 Å². The van der Waals surface area contributed by atoms with Crippen molar-refractivity contribution in [3.63, 3.8) is 0 Å². The van der Waals surface area contributed by atoms with Crippen molar-refractivity contribution in [1.82, 2.24) is 4.98 Å². The molecule has 0 aliphatic rings. The summed E-state index contributed by atoms with van der Waals surface area (Å²) < 4.78 is 57.3. The van der Waals surface area contributed by atoms with Gasteiger partial charge in [0, 0.05) is 10.5 Å². The van der Waals surface area contributed by atoms with Crippen molar-refractivity contribution >= 4 is 21.7 Å². The molecule has 0 bridgehead atoms. The zero-order chi connectivity index (χ0) is 15.6. The lowest BCUT2D eigenvalue weighted by molar-refractivity contribution is -0.137. The van der Waals surface area contributed by atoms with E-state index in [1.54, 1.807) is 0 Å². The summed E-state index contributed by atoms with van der Waals surface area (Å²) in [6.07, 6.45) is -4.61. The van der Waals surface area contributed by atoms with Gasteiger partial charge in [-0.1, -0.05) is 15.9 Å². The van der Waals surface area contributed by atoms with Crippen LogP contribution in [0.4, 0.5) is 23.4 Å². The molecule has 4 nitrogen and oxygen atoms in total. The Morgan fingerprint density at radius 3 is 2.52 bits per heavy atom. The van der Waals surface area contributed by atoms with E-state index in [2.05, 4.69) is 20.9 Å². The Morgan fingerprint density at radius 2 is 1.90 bits per heavy atom. The molecule has 0 saturated heterocycles. The molecule has 1 aromatic heterocycles. The third-order valence-corrected chi connectivity index (χ3v) is 2.88. The molecule has 112 valence electrons. The minimum atomic E-state index is -4.61. The van der Waals surface area contributed by atoms with Gasteiger partial charge >= 0.3 is 6.18 Å². The molecule has 0 fully saturated rings. The van der Waals surface area contributed by atoms with Crippen LogP contribution in [-0.2, 0) is 6.18 Å². The van der Waals surface area contributed by atoms with Crippen molar-refractivity contribution in [2.45, 2.75) is 6.18 Å². The third kappa shape index (κ3) is 3.82. The van der Waals surface area contributed by atoms with Crippen molar-refractivity contribution in [1.29, 1.82) is 0 Å². The molecule has 2 rings (SSSR count). The van der Waals surface area contributed by atoms with Gasteiger partial charge in [-0.15, -0.1) is 0 Å². The number of nitrogens with one attached hydrogen (secondary N) is 1. The van der Waals surface area contributed by atoms with Crippen LogP contribution in [0, 0.1) is 5.82 Å². The molecule has 1 aromatic carbocycles. The molecule has 0 unspecified atom stereocenters.